The predicted octanol–water partition coefficient (Wildman–Crippen LogP) is 0.500. The second kappa shape index (κ2) is 7.40. The third kappa shape index (κ3) is 4.29. The lowest BCUT2D eigenvalue weighted by atomic mass is 10.2. The lowest BCUT2D eigenvalue weighted by molar-refractivity contribution is -0.148. The van der Waals surface area contributed by atoms with Crippen molar-refractivity contribution in [2.45, 2.75) is 24.1 Å². The molecule has 0 aliphatic carbocycles. The maximum atomic E-state index is 12.2. The Morgan fingerprint density at radius 2 is 2.11 bits per heavy atom. The van der Waals surface area contributed by atoms with Gasteiger partial charge in [-0.1, -0.05) is 0 Å². The van der Waals surface area contributed by atoms with E-state index >= 15 is 0 Å². The molecule has 0 bridgehead atoms. The Morgan fingerprint density at radius 1 is 1.37 bits per heavy atom. The minimum absolute atomic E-state index is 0.0174. The minimum atomic E-state index is -0.882. The SMILES string of the molecule is O=C(O)C1CSCCN1C(=O)CSC1CCNCC1. The summed E-state index contributed by atoms with van der Waals surface area (Å²) < 4.78 is 0. The Morgan fingerprint density at radius 3 is 2.79 bits per heavy atom. The van der Waals surface area contributed by atoms with E-state index in [1.165, 1.54) is 0 Å². The number of rotatable bonds is 4. The molecule has 2 fully saturated rings. The van der Waals surface area contributed by atoms with Crippen LogP contribution < -0.4 is 5.32 Å². The molecule has 19 heavy (non-hydrogen) atoms. The van der Waals surface area contributed by atoms with Crippen molar-refractivity contribution in [2.24, 2.45) is 0 Å². The number of amides is 1. The molecular formula is C12H20N2O3S2. The first-order valence-corrected chi connectivity index (χ1v) is 8.81. The third-order valence-electron chi connectivity index (χ3n) is 3.46. The number of aliphatic carboxylic acids is 1. The molecule has 2 heterocycles. The molecule has 1 unspecified atom stereocenters. The second-order valence-electron chi connectivity index (χ2n) is 4.78. The van der Waals surface area contributed by atoms with E-state index < -0.39 is 12.0 Å². The number of nitrogens with one attached hydrogen (secondary N) is 1. The molecule has 0 aromatic heterocycles. The van der Waals surface area contributed by atoms with Gasteiger partial charge < -0.3 is 15.3 Å². The zero-order valence-corrected chi connectivity index (χ0v) is 12.5. The highest BCUT2D eigenvalue weighted by atomic mass is 32.2. The molecule has 5 nitrogen and oxygen atoms in total. The summed E-state index contributed by atoms with van der Waals surface area (Å²) in [4.78, 5) is 24.9. The Balaban J connectivity index is 1.81. The van der Waals surface area contributed by atoms with Crippen LogP contribution in [0.3, 0.4) is 0 Å². The highest BCUT2D eigenvalue weighted by Gasteiger charge is 2.32. The summed E-state index contributed by atoms with van der Waals surface area (Å²) in [6.07, 6.45) is 2.19. The summed E-state index contributed by atoms with van der Waals surface area (Å²) in [6.45, 7) is 2.60. The lowest BCUT2D eigenvalue weighted by Crippen LogP contribution is -2.51. The van der Waals surface area contributed by atoms with Gasteiger partial charge in [-0.05, 0) is 25.9 Å². The van der Waals surface area contributed by atoms with Gasteiger partial charge in [0.25, 0.3) is 0 Å². The van der Waals surface area contributed by atoms with Crippen LogP contribution in [-0.4, -0.2) is 70.1 Å². The molecule has 0 aromatic carbocycles. The Labute approximate surface area is 121 Å². The maximum Gasteiger partial charge on any atom is 0.327 e. The molecule has 2 rings (SSSR count). The number of carbonyl (C=O) groups excluding carboxylic acids is 1. The normalized spacial score (nSPS) is 25.3. The second-order valence-corrected chi connectivity index (χ2v) is 7.21. The van der Waals surface area contributed by atoms with Gasteiger partial charge in [-0.15, -0.1) is 11.8 Å². The average Bonchev–Trinajstić information content (AvgIpc) is 2.46. The fourth-order valence-electron chi connectivity index (χ4n) is 2.34. The first-order valence-electron chi connectivity index (χ1n) is 6.61. The summed E-state index contributed by atoms with van der Waals surface area (Å²) in [5, 5.41) is 13.0. The summed E-state index contributed by atoms with van der Waals surface area (Å²) in [5.74, 6) is 0.870. The van der Waals surface area contributed by atoms with Crippen molar-refractivity contribution in [3.63, 3.8) is 0 Å². The van der Waals surface area contributed by atoms with Crippen molar-refractivity contribution in [1.82, 2.24) is 10.2 Å². The molecule has 0 radical (unpaired) electrons. The van der Waals surface area contributed by atoms with Crippen LogP contribution >= 0.6 is 23.5 Å². The molecular weight excluding hydrogens is 284 g/mol. The minimum Gasteiger partial charge on any atom is -0.480 e. The highest BCUT2D eigenvalue weighted by Crippen LogP contribution is 2.23. The van der Waals surface area contributed by atoms with Crippen LogP contribution in [0.1, 0.15) is 12.8 Å². The van der Waals surface area contributed by atoms with Crippen molar-refractivity contribution in [3.8, 4) is 0 Å². The van der Waals surface area contributed by atoms with E-state index in [4.69, 9.17) is 5.11 Å². The van der Waals surface area contributed by atoms with E-state index in [-0.39, 0.29) is 5.91 Å². The number of carboxylic acid groups (broad SMARTS) is 1. The zero-order valence-electron chi connectivity index (χ0n) is 10.8. The van der Waals surface area contributed by atoms with Gasteiger partial charge in [-0.25, -0.2) is 4.79 Å². The van der Waals surface area contributed by atoms with Crippen LogP contribution in [0.15, 0.2) is 0 Å². The molecule has 7 heteroatoms. The summed E-state index contributed by atoms with van der Waals surface area (Å²) >= 11 is 3.29. The molecule has 1 atom stereocenters. The molecule has 108 valence electrons. The Bertz CT molecular complexity index is 335. The van der Waals surface area contributed by atoms with Crippen molar-refractivity contribution in [2.75, 3.05) is 36.9 Å². The van der Waals surface area contributed by atoms with Gasteiger partial charge in [0.15, 0.2) is 0 Å². The van der Waals surface area contributed by atoms with Gasteiger partial charge in [0.2, 0.25) is 5.91 Å². The number of hydrogen-bond donors (Lipinski definition) is 2. The van der Waals surface area contributed by atoms with Crippen LogP contribution in [0.4, 0.5) is 0 Å². The van der Waals surface area contributed by atoms with Gasteiger partial charge in [0, 0.05) is 23.3 Å². The predicted molar refractivity (Wildman–Crippen MR) is 78.8 cm³/mol. The zero-order chi connectivity index (χ0) is 13.7. The van der Waals surface area contributed by atoms with E-state index in [1.54, 1.807) is 28.4 Å². The van der Waals surface area contributed by atoms with Crippen molar-refractivity contribution < 1.29 is 14.7 Å². The molecule has 0 spiro atoms. The Kier molecular flexibility index (Phi) is 5.84. The molecule has 2 aliphatic heterocycles. The summed E-state index contributed by atoms with van der Waals surface area (Å²) in [7, 11) is 0. The topological polar surface area (TPSA) is 69.6 Å². The van der Waals surface area contributed by atoms with Crippen LogP contribution in [0.5, 0.6) is 0 Å². The maximum absolute atomic E-state index is 12.2. The van der Waals surface area contributed by atoms with Gasteiger partial charge in [-0.3, -0.25) is 4.79 Å². The number of thioether (sulfide) groups is 2. The van der Waals surface area contributed by atoms with Crippen molar-refractivity contribution in [1.29, 1.82) is 0 Å². The smallest absolute Gasteiger partial charge is 0.327 e. The van der Waals surface area contributed by atoms with Gasteiger partial charge in [0.1, 0.15) is 6.04 Å². The fraction of sp³-hybridized carbons (Fsp3) is 0.833. The Hall–Kier alpha value is -0.400. The highest BCUT2D eigenvalue weighted by molar-refractivity contribution is 8.00. The molecule has 0 saturated carbocycles. The largest absolute Gasteiger partial charge is 0.480 e. The van der Waals surface area contributed by atoms with Gasteiger partial charge in [0.05, 0.1) is 5.75 Å². The molecule has 2 saturated heterocycles. The number of carbonyl (C=O) groups is 2. The number of carboxylic acids is 1. The number of hydrogen-bond acceptors (Lipinski definition) is 5. The van der Waals surface area contributed by atoms with E-state index in [1.807, 2.05) is 0 Å². The molecule has 2 aliphatic rings. The van der Waals surface area contributed by atoms with Crippen molar-refractivity contribution >= 4 is 35.4 Å². The first kappa shape index (κ1) is 15.0. The number of nitrogens with zero attached hydrogens (tertiary/aromatic N) is 1. The van der Waals surface area contributed by atoms with E-state index in [2.05, 4.69) is 5.32 Å². The molecule has 0 aromatic rings. The standard InChI is InChI=1S/C12H20N2O3S2/c15-11(8-19-9-1-3-13-4-2-9)14-5-6-18-7-10(14)12(16)17/h9-10,13H,1-8H2,(H,16,17). The molecule has 1 amide bonds. The quantitative estimate of drug-likeness (QED) is 0.788. The van der Waals surface area contributed by atoms with Gasteiger partial charge >= 0.3 is 5.97 Å². The van der Waals surface area contributed by atoms with Crippen LogP contribution in [0.2, 0.25) is 0 Å². The molecule has 2 N–H and O–H groups in total. The summed E-state index contributed by atoms with van der Waals surface area (Å²) in [5.41, 5.74) is 0. The van der Waals surface area contributed by atoms with Crippen LogP contribution in [0, 0.1) is 0 Å². The van der Waals surface area contributed by atoms with Crippen molar-refractivity contribution in [3.05, 3.63) is 0 Å². The first-order chi connectivity index (χ1) is 9.18. The van der Waals surface area contributed by atoms with E-state index in [0.29, 0.717) is 23.3 Å². The van der Waals surface area contributed by atoms with E-state index in [0.717, 1.165) is 31.7 Å². The summed E-state index contributed by atoms with van der Waals surface area (Å²) in [6, 6.07) is -0.639. The average molecular weight is 304 g/mol. The van der Waals surface area contributed by atoms with Gasteiger partial charge in [-0.2, -0.15) is 11.8 Å². The monoisotopic (exact) mass is 304 g/mol. The van der Waals surface area contributed by atoms with Crippen LogP contribution in [0.25, 0.3) is 0 Å². The third-order valence-corrected chi connectivity index (χ3v) is 5.84. The lowest BCUT2D eigenvalue weighted by Gasteiger charge is -2.33. The van der Waals surface area contributed by atoms with E-state index in [9.17, 15) is 9.59 Å². The fourth-order valence-corrected chi connectivity index (χ4v) is 4.49. The number of piperidine rings is 1. The van der Waals surface area contributed by atoms with Crippen LogP contribution in [-0.2, 0) is 9.59 Å².